The minimum atomic E-state index is -0.359. The van der Waals surface area contributed by atoms with Crippen LogP contribution in [0.5, 0.6) is 0 Å². The van der Waals surface area contributed by atoms with Crippen LogP contribution in [-0.4, -0.2) is 67.2 Å². The Balaban J connectivity index is 0.00000484. The minimum Gasteiger partial charge on any atom is -0.450 e. The van der Waals surface area contributed by atoms with E-state index in [1.165, 1.54) is 5.56 Å². The highest BCUT2D eigenvalue weighted by Crippen LogP contribution is 2.31. The van der Waals surface area contributed by atoms with Gasteiger partial charge >= 0.3 is 6.09 Å². The first kappa shape index (κ1) is 33.7. The molecule has 0 saturated carbocycles. The van der Waals surface area contributed by atoms with Gasteiger partial charge in [-0.3, -0.25) is 4.79 Å². The first-order valence-electron chi connectivity index (χ1n) is 14.3. The lowest BCUT2D eigenvalue weighted by Gasteiger charge is -2.42. The minimum absolute atomic E-state index is 0. The molecule has 2 amide bonds. The van der Waals surface area contributed by atoms with Crippen molar-refractivity contribution in [3.63, 3.8) is 0 Å². The summed E-state index contributed by atoms with van der Waals surface area (Å²) in [6.45, 7) is 5.29. The number of carbonyl (C=O) groups is 2. The molecule has 1 atom stereocenters. The van der Waals surface area contributed by atoms with E-state index in [9.17, 15) is 9.59 Å². The Morgan fingerprint density at radius 1 is 0.976 bits per heavy atom. The number of likely N-dealkylation sites (tertiary alicyclic amines) is 1. The van der Waals surface area contributed by atoms with Gasteiger partial charge in [-0.1, -0.05) is 77.8 Å². The highest BCUT2D eigenvalue weighted by Gasteiger charge is 2.37. The van der Waals surface area contributed by atoms with Crippen molar-refractivity contribution >= 4 is 47.6 Å². The van der Waals surface area contributed by atoms with Crippen molar-refractivity contribution in [1.29, 1.82) is 0 Å². The second-order valence-corrected chi connectivity index (χ2v) is 11.7. The van der Waals surface area contributed by atoms with Crippen molar-refractivity contribution in [1.82, 2.24) is 15.1 Å². The number of halogens is 3. The molecule has 1 N–H and O–H groups in total. The molecule has 0 aromatic heterocycles. The molecule has 0 radical (unpaired) electrons. The Hall–Kier alpha value is -2.77. The average molecular weight is 633 g/mol. The Kier molecular flexibility index (Phi) is 13.0. The normalized spacial score (nSPS) is 15.2. The van der Waals surface area contributed by atoms with Gasteiger partial charge in [0.1, 0.15) is 0 Å². The molecule has 0 aliphatic carbocycles. The molecule has 1 saturated heterocycles. The first-order chi connectivity index (χ1) is 19.8. The number of hydrogen-bond acceptors (Lipinski definition) is 4. The summed E-state index contributed by atoms with van der Waals surface area (Å²) in [5.41, 5.74) is 2.58. The van der Waals surface area contributed by atoms with Crippen LogP contribution in [0.3, 0.4) is 0 Å². The number of amides is 2. The van der Waals surface area contributed by atoms with Crippen molar-refractivity contribution in [3.05, 3.63) is 106 Å². The van der Waals surface area contributed by atoms with Crippen LogP contribution < -0.4 is 5.32 Å². The summed E-state index contributed by atoms with van der Waals surface area (Å²) in [5.74, 6) is 0.0699. The number of carbonyl (C=O) groups excluding carboxylic acids is 2. The standard InChI is InChI=1S/C33H39Cl2N3O3.ClH/c1-3-41-32(40)36-33(23-25-10-6-4-7-11-25)17-20-38(21-18-33)19-16-28(27-14-15-29(34)30(35)22-27)24-37(2)31(39)26-12-8-5-9-13-26;/h4-15,22,28H,3,16-21,23-24H2,1-2H3,(H,36,40);1H. The third kappa shape index (κ3) is 9.37. The number of alkyl carbamates (subject to hydrolysis) is 1. The van der Waals surface area contributed by atoms with Gasteiger partial charge in [0.25, 0.3) is 5.91 Å². The maximum absolute atomic E-state index is 13.1. The molecule has 42 heavy (non-hydrogen) atoms. The Morgan fingerprint density at radius 2 is 1.62 bits per heavy atom. The molecule has 226 valence electrons. The largest absolute Gasteiger partial charge is 0.450 e. The fourth-order valence-corrected chi connectivity index (χ4v) is 5.91. The van der Waals surface area contributed by atoms with Gasteiger partial charge in [-0.25, -0.2) is 4.79 Å². The number of nitrogens with one attached hydrogen (secondary N) is 1. The Morgan fingerprint density at radius 3 is 2.24 bits per heavy atom. The lowest BCUT2D eigenvalue weighted by atomic mass is 9.81. The van der Waals surface area contributed by atoms with Gasteiger partial charge in [-0.2, -0.15) is 0 Å². The Bertz CT molecular complexity index is 1290. The highest BCUT2D eigenvalue weighted by molar-refractivity contribution is 6.42. The molecule has 1 aliphatic heterocycles. The topological polar surface area (TPSA) is 61.9 Å². The van der Waals surface area contributed by atoms with Crippen molar-refractivity contribution < 1.29 is 14.3 Å². The van der Waals surface area contributed by atoms with E-state index in [0.29, 0.717) is 28.8 Å². The molecule has 9 heteroatoms. The molecule has 1 heterocycles. The zero-order valence-electron chi connectivity index (χ0n) is 24.2. The number of rotatable bonds is 11. The number of benzene rings is 3. The zero-order valence-corrected chi connectivity index (χ0v) is 26.6. The smallest absolute Gasteiger partial charge is 0.407 e. The number of ether oxygens (including phenoxy) is 1. The third-order valence-corrected chi connectivity index (χ3v) is 8.65. The summed E-state index contributed by atoms with van der Waals surface area (Å²) in [6, 6.07) is 25.4. The molecule has 3 aromatic carbocycles. The van der Waals surface area contributed by atoms with E-state index in [0.717, 1.165) is 50.9 Å². The molecule has 0 spiro atoms. The van der Waals surface area contributed by atoms with Gasteiger partial charge in [-0.15, -0.1) is 12.4 Å². The van der Waals surface area contributed by atoms with E-state index < -0.39 is 0 Å². The summed E-state index contributed by atoms with van der Waals surface area (Å²) in [6.07, 6.45) is 2.90. The molecular weight excluding hydrogens is 593 g/mol. The number of likely N-dealkylation sites (N-methyl/N-ethyl adjacent to an activating group) is 1. The second-order valence-electron chi connectivity index (χ2n) is 10.8. The van der Waals surface area contributed by atoms with E-state index in [-0.39, 0.29) is 35.9 Å². The fraction of sp³-hybridized carbons (Fsp3) is 0.394. The van der Waals surface area contributed by atoms with Gasteiger partial charge in [0.15, 0.2) is 0 Å². The maximum Gasteiger partial charge on any atom is 0.407 e. The van der Waals surface area contributed by atoms with E-state index in [1.54, 1.807) is 4.90 Å². The van der Waals surface area contributed by atoms with Crippen molar-refractivity contribution in [2.24, 2.45) is 0 Å². The van der Waals surface area contributed by atoms with Gasteiger partial charge in [0.05, 0.1) is 16.7 Å². The summed E-state index contributed by atoms with van der Waals surface area (Å²) in [7, 11) is 1.85. The summed E-state index contributed by atoms with van der Waals surface area (Å²) >= 11 is 12.6. The van der Waals surface area contributed by atoms with Gasteiger partial charge in [0.2, 0.25) is 0 Å². The van der Waals surface area contributed by atoms with Crippen LogP contribution in [0.1, 0.15) is 53.6 Å². The van der Waals surface area contributed by atoms with Crippen LogP contribution in [0.25, 0.3) is 0 Å². The number of hydrogen-bond donors (Lipinski definition) is 1. The summed E-state index contributed by atoms with van der Waals surface area (Å²) in [4.78, 5) is 29.8. The second kappa shape index (κ2) is 16.2. The van der Waals surface area contributed by atoms with Crippen LogP contribution in [0.2, 0.25) is 10.0 Å². The predicted octanol–water partition coefficient (Wildman–Crippen LogP) is 7.48. The quantitative estimate of drug-likeness (QED) is 0.238. The van der Waals surface area contributed by atoms with Crippen LogP contribution in [0.15, 0.2) is 78.9 Å². The van der Waals surface area contributed by atoms with E-state index in [4.69, 9.17) is 27.9 Å². The Labute approximate surface area is 265 Å². The zero-order chi connectivity index (χ0) is 29.2. The van der Waals surface area contributed by atoms with E-state index >= 15 is 0 Å². The molecule has 4 rings (SSSR count). The molecular formula is C33H40Cl3N3O3. The lowest BCUT2D eigenvalue weighted by molar-refractivity contribution is 0.0776. The predicted molar refractivity (Wildman–Crippen MR) is 173 cm³/mol. The van der Waals surface area contributed by atoms with Crippen molar-refractivity contribution in [3.8, 4) is 0 Å². The van der Waals surface area contributed by atoms with Crippen LogP contribution in [-0.2, 0) is 11.2 Å². The highest BCUT2D eigenvalue weighted by atomic mass is 35.5. The van der Waals surface area contributed by atoms with Crippen LogP contribution in [0, 0.1) is 0 Å². The van der Waals surface area contributed by atoms with Gasteiger partial charge < -0.3 is 19.9 Å². The van der Waals surface area contributed by atoms with Gasteiger partial charge in [0, 0.05) is 43.7 Å². The average Bonchev–Trinajstić information content (AvgIpc) is 2.98. The van der Waals surface area contributed by atoms with Crippen LogP contribution in [0.4, 0.5) is 4.79 Å². The number of nitrogens with zero attached hydrogens (tertiary/aromatic N) is 2. The van der Waals surface area contributed by atoms with E-state index in [2.05, 4.69) is 22.3 Å². The lowest BCUT2D eigenvalue weighted by Crippen LogP contribution is -2.56. The molecule has 1 fully saturated rings. The van der Waals surface area contributed by atoms with Gasteiger partial charge in [-0.05, 0) is 74.5 Å². The maximum atomic E-state index is 13.1. The number of piperidine rings is 1. The molecule has 1 unspecified atom stereocenters. The van der Waals surface area contributed by atoms with Crippen LogP contribution >= 0.6 is 35.6 Å². The molecule has 0 bridgehead atoms. The molecule has 3 aromatic rings. The monoisotopic (exact) mass is 631 g/mol. The molecule has 6 nitrogen and oxygen atoms in total. The third-order valence-electron chi connectivity index (χ3n) is 7.91. The fourth-order valence-electron chi connectivity index (χ4n) is 5.60. The first-order valence-corrected chi connectivity index (χ1v) is 15.0. The van der Waals surface area contributed by atoms with E-state index in [1.807, 2.05) is 80.7 Å². The SMILES string of the molecule is CCOC(=O)NC1(Cc2ccccc2)CCN(CCC(CN(C)C(=O)c2ccccc2)c2ccc(Cl)c(Cl)c2)CC1.Cl. The summed E-state index contributed by atoms with van der Waals surface area (Å²) < 4.78 is 5.25. The summed E-state index contributed by atoms with van der Waals surface area (Å²) in [5, 5.41) is 4.23. The molecule has 1 aliphatic rings. The van der Waals surface area contributed by atoms with Crippen molar-refractivity contribution in [2.45, 2.75) is 44.1 Å². The van der Waals surface area contributed by atoms with Crippen molar-refractivity contribution in [2.75, 3.05) is 39.8 Å².